The van der Waals surface area contributed by atoms with Crippen molar-refractivity contribution in [2.75, 3.05) is 26.7 Å². The molecule has 1 amide bonds. The Morgan fingerprint density at radius 3 is 2.64 bits per heavy atom. The average Bonchev–Trinajstić information content (AvgIpc) is 2.59. The van der Waals surface area contributed by atoms with Gasteiger partial charge in [0.25, 0.3) is 0 Å². The third-order valence-corrected chi connectivity index (χ3v) is 4.70. The van der Waals surface area contributed by atoms with Crippen LogP contribution >= 0.6 is 0 Å². The Balaban J connectivity index is 1.69. The van der Waals surface area contributed by atoms with Crippen LogP contribution in [0.5, 0.6) is 0 Å². The topological polar surface area (TPSA) is 32.3 Å². The molecule has 1 aliphatic rings. The van der Waals surface area contributed by atoms with E-state index in [1.165, 1.54) is 16.3 Å². The van der Waals surface area contributed by atoms with E-state index in [2.05, 4.69) is 47.8 Å². The second kappa shape index (κ2) is 6.93. The molecule has 1 aliphatic heterocycles. The number of amides is 1. The molecule has 1 N–H and O–H groups in total. The number of rotatable bonds is 4. The van der Waals surface area contributed by atoms with Gasteiger partial charge in [-0.3, -0.25) is 4.79 Å². The summed E-state index contributed by atoms with van der Waals surface area (Å²) in [4.78, 5) is 14.1. The Morgan fingerprint density at radius 1 is 1.14 bits per heavy atom. The summed E-state index contributed by atoms with van der Waals surface area (Å²) >= 11 is 0. The molecule has 0 unspecified atom stereocenters. The molecule has 1 saturated heterocycles. The highest BCUT2D eigenvalue weighted by Crippen LogP contribution is 2.33. The highest BCUT2D eigenvalue weighted by Gasteiger charge is 2.24. The van der Waals surface area contributed by atoms with Gasteiger partial charge in [-0.1, -0.05) is 42.5 Å². The van der Waals surface area contributed by atoms with Gasteiger partial charge in [0.15, 0.2) is 0 Å². The van der Waals surface area contributed by atoms with Crippen LogP contribution in [0.1, 0.15) is 30.7 Å². The van der Waals surface area contributed by atoms with Crippen LogP contribution in [0, 0.1) is 0 Å². The molecule has 0 atom stereocenters. The number of benzene rings is 2. The number of hydrogen-bond donors (Lipinski definition) is 1. The van der Waals surface area contributed by atoms with Crippen molar-refractivity contribution in [2.45, 2.75) is 25.2 Å². The van der Waals surface area contributed by atoms with Gasteiger partial charge in [0, 0.05) is 26.1 Å². The van der Waals surface area contributed by atoms with Gasteiger partial charge in [-0.2, -0.15) is 0 Å². The summed E-state index contributed by atoms with van der Waals surface area (Å²) in [7, 11) is 1.89. The van der Waals surface area contributed by atoms with Crippen molar-refractivity contribution in [1.82, 2.24) is 10.2 Å². The zero-order valence-electron chi connectivity index (χ0n) is 13.2. The molecule has 1 fully saturated rings. The molecule has 22 heavy (non-hydrogen) atoms. The Bertz CT molecular complexity index is 639. The predicted molar refractivity (Wildman–Crippen MR) is 91.0 cm³/mol. The normalized spacial score (nSPS) is 16.1. The van der Waals surface area contributed by atoms with Crippen molar-refractivity contribution in [3.05, 3.63) is 48.0 Å². The summed E-state index contributed by atoms with van der Waals surface area (Å²) in [5, 5.41) is 5.72. The number of nitrogens with one attached hydrogen (secondary N) is 1. The van der Waals surface area contributed by atoms with Gasteiger partial charge in [-0.05, 0) is 42.1 Å². The molecule has 2 aromatic rings. The lowest BCUT2D eigenvalue weighted by atomic mass is 9.86. The molecule has 0 aromatic heterocycles. The maximum atomic E-state index is 12.1. The number of carbonyl (C=O) groups excluding carboxylic acids is 1. The number of likely N-dealkylation sites (tertiary alicyclic amines) is 1. The minimum atomic E-state index is 0.283. The minimum Gasteiger partial charge on any atom is -0.343 e. The molecule has 2 aromatic carbocycles. The quantitative estimate of drug-likeness (QED) is 0.940. The predicted octanol–water partition coefficient (Wildman–Crippen LogP) is 3.16. The van der Waals surface area contributed by atoms with Crippen LogP contribution < -0.4 is 5.32 Å². The molecule has 116 valence electrons. The lowest BCUT2D eigenvalue weighted by Gasteiger charge is -2.33. The van der Waals surface area contributed by atoms with E-state index in [0.29, 0.717) is 12.3 Å². The van der Waals surface area contributed by atoms with Crippen LogP contribution in [0.3, 0.4) is 0 Å². The largest absolute Gasteiger partial charge is 0.343 e. The molecule has 0 bridgehead atoms. The van der Waals surface area contributed by atoms with Gasteiger partial charge < -0.3 is 10.2 Å². The molecule has 3 heteroatoms. The molecule has 0 saturated carbocycles. The van der Waals surface area contributed by atoms with Crippen molar-refractivity contribution in [2.24, 2.45) is 0 Å². The van der Waals surface area contributed by atoms with E-state index in [1.54, 1.807) is 0 Å². The van der Waals surface area contributed by atoms with Gasteiger partial charge in [0.2, 0.25) is 5.91 Å². The third kappa shape index (κ3) is 3.14. The summed E-state index contributed by atoms with van der Waals surface area (Å²) < 4.78 is 0. The standard InChI is InChI=1S/C19H24N2O/c1-20-12-9-19(22)21-13-10-16(11-14-21)18-8-4-6-15-5-2-3-7-17(15)18/h2-8,16,20H,9-14H2,1H3. The molecule has 3 nitrogen and oxygen atoms in total. The highest BCUT2D eigenvalue weighted by atomic mass is 16.2. The molecule has 0 spiro atoms. The SMILES string of the molecule is CNCCC(=O)N1CCC(c2cccc3ccccc23)CC1. The first kappa shape index (κ1) is 15.0. The molecule has 3 rings (SSSR count). The van der Waals surface area contributed by atoms with E-state index in [-0.39, 0.29) is 5.91 Å². The zero-order valence-corrected chi connectivity index (χ0v) is 13.2. The highest BCUT2D eigenvalue weighted by molar-refractivity contribution is 5.86. The lowest BCUT2D eigenvalue weighted by molar-refractivity contribution is -0.132. The first-order valence-corrected chi connectivity index (χ1v) is 8.19. The maximum absolute atomic E-state index is 12.1. The fourth-order valence-corrected chi connectivity index (χ4v) is 3.44. The average molecular weight is 296 g/mol. The smallest absolute Gasteiger partial charge is 0.223 e. The third-order valence-electron chi connectivity index (χ3n) is 4.70. The van der Waals surface area contributed by atoms with E-state index < -0.39 is 0 Å². The summed E-state index contributed by atoms with van der Waals surface area (Å²) in [6, 6.07) is 15.2. The van der Waals surface area contributed by atoms with Crippen molar-refractivity contribution in [3.63, 3.8) is 0 Å². The molecule has 1 heterocycles. The van der Waals surface area contributed by atoms with Crippen LogP contribution in [0.4, 0.5) is 0 Å². The van der Waals surface area contributed by atoms with Crippen LogP contribution in [-0.2, 0) is 4.79 Å². The summed E-state index contributed by atoms with van der Waals surface area (Å²) in [6.45, 7) is 2.54. The van der Waals surface area contributed by atoms with E-state index in [9.17, 15) is 4.79 Å². The number of carbonyl (C=O) groups is 1. The summed E-state index contributed by atoms with van der Waals surface area (Å²) in [5.41, 5.74) is 1.44. The van der Waals surface area contributed by atoms with Crippen molar-refractivity contribution < 1.29 is 4.79 Å². The van der Waals surface area contributed by atoms with Crippen LogP contribution in [-0.4, -0.2) is 37.5 Å². The van der Waals surface area contributed by atoms with E-state index in [4.69, 9.17) is 0 Å². The first-order chi connectivity index (χ1) is 10.8. The molecule has 0 aliphatic carbocycles. The lowest BCUT2D eigenvalue weighted by Crippen LogP contribution is -2.38. The van der Waals surface area contributed by atoms with Gasteiger partial charge in [-0.15, -0.1) is 0 Å². The van der Waals surface area contributed by atoms with Gasteiger partial charge in [0.1, 0.15) is 0 Å². The number of piperidine rings is 1. The van der Waals surface area contributed by atoms with Crippen LogP contribution in [0.25, 0.3) is 10.8 Å². The van der Waals surface area contributed by atoms with Gasteiger partial charge in [0.05, 0.1) is 0 Å². The zero-order chi connectivity index (χ0) is 15.4. The Labute approximate surface area is 132 Å². The number of nitrogens with zero attached hydrogens (tertiary/aromatic N) is 1. The number of hydrogen-bond acceptors (Lipinski definition) is 2. The van der Waals surface area contributed by atoms with Gasteiger partial charge >= 0.3 is 0 Å². The Hall–Kier alpha value is -1.87. The molecular weight excluding hydrogens is 272 g/mol. The summed E-state index contributed by atoms with van der Waals surface area (Å²) in [6.07, 6.45) is 2.74. The number of fused-ring (bicyclic) bond motifs is 1. The van der Waals surface area contributed by atoms with E-state index >= 15 is 0 Å². The van der Waals surface area contributed by atoms with Gasteiger partial charge in [-0.25, -0.2) is 0 Å². The first-order valence-electron chi connectivity index (χ1n) is 8.19. The maximum Gasteiger partial charge on any atom is 0.223 e. The molecule has 0 radical (unpaired) electrons. The van der Waals surface area contributed by atoms with E-state index in [1.807, 2.05) is 11.9 Å². The monoisotopic (exact) mass is 296 g/mol. The fourth-order valence-electron chi connectivity index (χ4n) is 3.44. The van der Waals surface area contributed by atoms with Crippen LogP contribution in [0.2, 0.25) is 0 Å². The minimum absolute atomic E-state index is 0.283. The Kier molecular flexibility index (Phi) is 4.74. The molecular formula is C19H24N2O. The summed E-state index contributed by atoms with van der Waals surface area (Å²) in [5.74, 6) is 0.852. The second-order valence-corrected chi connectivity index (χ2v) is 6.08. The van der Waals surface area contributed by atoms with Crippen molar-refractivity contribution in [3.8, 4) is 0 Å². The van der Waals surface area contributed by atoms with Crippen molar-refractivity contribution >= 4 is 16.7 Å². The Morgan fingerprint density at radius 2 is 1.86 bits per heavy atom. The fraction of sp³-hybridized carbons (Fsp3) is 0.421. The van der Waals surface area contributed by atoms with E-state index in [0.717, 1.165) is 32.5 Å². The van der Waals surface area contributed by atoms with Crippen LogP contribution in [0.15, 0.2) is 42.5 Å². The van der Waals surface area contributed by atoms with Crippen molar-refractivity contribution in [1.29, 1.82) is 0 Å². The second-order valence-electron chi connectivity index (χ2n) is 6.08.